The van der Waals surface area contributed by atoms with Crippen molar-refractivity contribution in [1.29, 1.82) is 0 Å². The van der Waals surface area contributed by atoms with E-state index in [-0.39, 0.29) is 5.82 Å². The Balaban J connectivity index is 1.51. The van der Waals surface area contributed by atoms with Crippen molar-refractivity contribution in [3.8, 4) is 0 Å². The number of nitrogens with zero attached hydrogens (tertiary/aromatic N) is 2. The highest BCUT2D eigenvalue weighted by Crippen LogP contribution is 2.32. The van der Waals surface area contributed by atoms with Gasteiger partial charge in [-0.3, -0.25) is 4.90 Å². The lowest BCUT2D eigenvalue weighted by atomic mass is 10.1. The Morgan fingerprint density at radius 3 is 2.52 bits per heavy atom. The van der Waals surface area contributed by atoms with Crippen molar-refractivity contribution >= 4 is 5.69 Å². The zero-order valence-electron chi connectivity index (χ0n) is 13.3. The van der Waals surface area contributed by atoms with Crippen molar-refractivity contribution in [3.63, 3.8) is 0 Å². The van der Waals surface area contributed by atoms with Crippen molar-refractivity contribution in [2.24, 2.45) is 0 Å². The second kappa shape index (κ2) is 6.30. The predicted octanol–water partition coefficient (Wildman–Crippen LogP) is 2.75. The molecule has 0 saturated carbocycles. The first-order chi connectivity index (χ1) is 11.3. The topological polar surface area (TPSA) is 18.5 Å². The minimum absolute atomic E-state index is 0.167. The van der Waals surface area contributed by atoms with Crippen LogP contribution in [0.5, 0.6) is 0 Å². The Morgan fingerprint density at radius 1 is 0.957 bits per heavy atom. The summed E-state index contributed by atoms with van der Waals surface area (Å²) < 4.78 is 13.0. The highest BCUT2D eigenvalue weighted by Gasteiger charge is 2.24. The van der Waals surface area contributed by atoms with Crippen LogP contribution in [0.2, 0.25) is 0 Å². The van der Waals surface area contributed by atoms with Crippen LogP contribution in [0.15, 0.2) is 42.5 Å². The molecule has 4 rings (SSSR count). The fourth-order valence-corrected chi connectivity index (χ4v) is 3.63. The number of rotatable bonds is 3. The molecule has 0 aliphatic carbocycles. The number of benzene rings is 2. The van der Waals surface area contributed by atoms with E-state index in [2.05, 4.69) is 33.3 Å². The maximum absolute atomic E-state index is 13.0. The number of hydrogen-bond acceptors (Lipinski definition) is 3. The Hall–Kier alpha value is -1.91. The summed E-state index contributed by atoms with van der Waals surface area (Å²) in [7, 11) is 0. The maximum Gasteiger partial charge on any atom is 0.123 e. The summed E-state index contributed by atoms with van der Waals surface area (Å²) in [4.78, 5) is 4.93. The van der Waals surface area contributed by atoms with Gasteiger partial charge in [-0.05, 0) is 34.9 Å². The van der Waals surface area contributed by atoms with Crippen molar-refractivity contribution in [2.75, 3.05) is 31.1 Å². The van der Waals surface area contributed by atoms with E-state index in [1.54, 1.807) is 12.1 Å². The normalized spacial score (nSPS) is 18.2. The molecule has 0 atom stereocenters. The molecule has 3 nitrogen and oxygen atoms in total. The van der Waals surface area contributed by atoms with Gasteiger partial charge in [0.05, 0.1) is 0 Å². The Kier molecular flexibility index (Phi) is 4.02. The van der Waals surface area contributed by atoms with Crippen LogP contribution in [0.4, 0.5) is 10.1 Å². The predicted molar refractivity (Wildman–Crippen MR) is 90.9 cm³/mol. The molecule has 0 radical (unpaired) electrons. The molecule has 2 heterocycles. The summed E-state index contributed by atoms with van der Waals surface area (Å²) in [6.45, 7) is 7.10. The molecular formula is C19H22FN3. The third kappa shape index (κ3) is 3.09. The molecule has 0 bridgehead atoms. The zero-order valence-corrected chi connectivity index (χ0v) is 13.3. The van der Waals surface area contributed by atoms with E-state index in [1.165, 1.54) is 22.4 Å². The van der Waals surface area contributed by atoms with E-state index in [4.69, 9.17) is 0 Å². The quantitative estimate of drug-likeness (QED) is 0.940. The summed E-state index contributed by atoms with van der Waals surface area (Å²) in [6.07, 6.45) is 0. The average molecular weight is 311 g/mol. The van der Waals surface area contributed by atoms with Gasteiger partial charge in [0.25, 0.3) is 0 Å². The van der Waals surface area contributed by atoms with Crippen LogP contribution in [0.1, 0.15) is 16.7 Å². The molecule has 0 amide bonds. The third-order valence-corrected chi connectivity index (χ3v) is 4.80. The van der Waals surface area contributed by atoms with Crippen LogP contribution in [0.3, 0.4) is 0 Å². The van der Waals surface area contributed by atoms with Gasteiger partial charge in [-0.15, -0.1) is 0 Å². The minimum atomic E-state index is -0.167. The Bertz CT molecular complexity index is 678. The molecule has 0 aromatic heterocycles. The van der Waals surface area contributed by atoms with Crippen molar-refractivity contribution < 1.29 is 4.39 Å². The average Bonchev–Trinajstić information content (AvgIpc) is 3.00. The van der Waals surface area contributed by atoms with Gasteiger partial charge < -0.3 is 10.2 Å². The molecule has 2 aromatic rings. The van der Waals surface area contributed by atoms with Crippen LogP contribution >= 0.6 is 0 Å². The molecule has 2 aliphatic heterocycles. The zero-order chi connectivity index (χ0) is 15.6. The lowest BCUT2D eigenvalue weighted by molar-refractivity contribution is 0.275. The van der Waals surface area contributed by atoms with Crippen LogP contribution in [0.25, 0.3) is 0 Å². The molecule has 0 spiro atoms. The van der Waals surface area contributed by atoms with Crippen molar-refractivity contribution in [2.45, 2.75) is 19.6 Å². The first kappa shape index (κ1) is 14.7. The Labute approximate surface area is 136 Å². The first-order valence-corrected chi connectivity index (χ1v) is 8.33. The maximum atomic E-state index is 13.0. The number of hydrogen-bond donors (Lipinski definition) is 1. The standard InChI is InChI=1S/C19H22FN3/c20-17-6-4-15(5-7-17)12-22-13-16-2-1-3-19(18(16)14-22)23-10-8-21-9-11-23/h1-7,21H,8-14H2. The molecular weight excluding hydrogens is 289 g/mol. The molecule has 1 saturated heterocycles. The van der Waals surface area contributed by atoms with Crippen molar-refractivity contribution in [1.82, 2.24) is 10.2 Å². The van der Waals surface area contributed by atoms with E-state index in [9.17, 15) is 4.39 Å². The molecule has 1 N–H and O–H groups in total. The smallest absolute Gasteiger partial charge is 0.123 e. The molecule has 1 fully saturated rings. The van der Waals surface area contributed by atoms with E-state index in [1.807, 2.05) is 12.1 Å². The Morgan fingerprint density at radius 2 is 1.74 bits per heavy atom. The summed E-state index contributed by atoms with van der Waals surface area (Å²) in [5.41, 5.74) is 5.47. The highest BCUT2D eigenvalue weighted by atomic mass is 19.1. The van der Waals surface area contributed by atoms with E-state index >= 15 is 0 Å². The molecule has 2 aromatic carbocycles. The molecule has 0 unspecified atom stereocenters. The van der Waals surface area contributed by atoms with Gasteiger partial charge in [0.15, 0.2) is 0 Å². The molecule has 23 heavy (non-hydrogen) atoms. The summed E-state index contributed by atoms with van der Waals surface area (Å²) in [5, 5.41) is 3.42. The monoisotopic (exact) mass is 311 g/mol. The van der Waals surface area contributed by atoms with Gasteiger partial charge in [0.2, 0.25) is 0 Å². The number of fused-ring (bicyclic) bond motifs is 1. The van der Waals surface area contributed by atoms with E-state index in [0.29, 0.717) is 0 Å². The number of anilines is 1. The molecule has 2 aliphatic rings. The van der Waals surface area contributed by atoms with Gasteiger partial charge in [-0.25, -0.2) is 4.39 Å². The van der Waals surface area contributed by atoms with Crippen LogP contribution < -0.4 is 10.2 Å². The second-order valence-electron chi connectivity index (χ2n) is 6.42. The fraction of sp³-hybridized carbons (Fsp3) is 0.368. The summed E-state index contributed by atoms with van der Waals surface area (Å²) in [5.74, 6) is -0.167. The molecule has 120 valence electrons. The number of nitrogens with one attached hydrogen (secondary N) is 1. The molecule has 4 heteroatoms. The second-order valence-corrected chi connectivity index (χ2v) is 6.42. The number of halogens is 1. The largest absolute Gasteiger partial charge is 0.369 e. The SMILES string of the molecule is Fc1ccc(CN2Cc3cccc(N4CCNCC4)c3C2)cc1. The van der Waals surface area contributed by atoms with Crippen LogP contribution in [-0.2, 0) is 19.6 Å². The summed E-state index contributed by atoms with van der Waals surface area (Å²) in [6, 6.07) is 13.5. The number of piperazine rings is 1. The van der Waals surface area contributed by atoms with Gasteiger partial charge >= 0.3 is 0 Å². The van der Waals surface area contributed by atoms with Gasteiger partial charge in [-0.1, -0.05) is 24.3 Å². The lowest BCUT2D eigenvalue weighted by Gasteiger charge is -2.31. The van der Waals surface area contributed by atoms with Crippen LogP contribution in [-0.4, -0.2) is 31.1 Å². The van der Waals surface area contributed by atoms with E-state index < -0.39 is 0 Å². The first-order valence-electron chi connectivity index (χ1n) is 8.33. The lowest BCUT2D eigenvalue weighted by Crippen LogP contribution is -2.43. The van der Waals surface area contributed by atoms with Gasteiger partial charge in [-0.2, -0.15) is 0 Å². The summed E-state index contributed by atoms with van der Waals surface area (Å²) >= 11 is 0. The highest BCUT2D eigenvalue weighted by molar-refractivity contribution is 5.58. The van der Waals surface area contributed by atoms with Gasteiger partial charge in [0.1, 0.15) is 5.82 Å². The minimum Gasteiger partial charge on any atom is -0.369 e. The van der Waals surface area contributed by atoms with Crippen LogP contribution in [0, 0.1) is 5.82 Å². The van der Waals surface area contributed by atoms with E-state index in [0.717, 1.165) is 45.8 Å². The van der Waals surface area contributed by atoms with Crippen molar-refractivity contribution in [3.05, 3.63) is 65.0 Å². The fourth-order valence-electron chi connectivity index (χ4n) is 3.63. The third-order valence-electron chi connectivity index (χ3n) is 4.80. The van der Waals surface area contributed by atoms with Gasteiger partial charge in [0, 0.05) is 51.5 Å².